The summed E-state index contributed by atoms with van der Waals surface area (Å²) in [4.78, 5) is 13.6. The fourth-order valence-corrected chi connectivity index (χ4v) is 3.67. The number of hydrogen-bond donors (Lipinski definition) is 3. The van der Waals surface area contributed by atoms with Crippen LogP contribution in [-0.4, -0.2) is 33.4 Å². The van der Waals surface area contributed by atoms with Gasteiger partial charge in [-0.25, -0.2) is 9.97 Å². The van der Waals surface area contributed by atoms with Crippen molar-refractivity contribution in [1.29, 1.82) is 0 Å². The molecule has 4 rings (SSSR count). The van der Waals surface area contributed by atoms with Gasteiger partial charge in [0.25, 0.3) is 0 Å². The quantitative estimate of drug-likeness (QED) is 0.319. The molecule has 0 atom stereocenters. The Morgan fingerprint density at radius 3 is 2.78 bits per heavy atom. The lowest BCUT2D eigenvalue weighted by atomic mass is 10.1. The Labute approximate surface area is 190 Å². The summed E-state index contributed by atoms with van der Waals surface area (Å²) in [5, 5.41) is 13.1. The third-order valence-electron chi connectivity index (χ3n) is 5.11. The number of hydroxylamine groups is 1. The summed E-state index contributed by atoms with van der Waals surface area (Å²) >= 11 is 6.53. The Morgan fingerprint density at radius 2 is 2.00 bits per heavy atom. The summed E-state index contributed by atoms with van der Waals surface area (Å²) in [6.07, 6.45) is 3.38. The number of anilines is 2. The zero-order valence-corrected chi connectivity index (χ0v) is 18.6. The number of aromatic nitrogens is 3. The van der Waals surface area contributed by atoms with Crippen LogP contribution in [0.2, 0.25) is 5.02 Å². The van der Waals surface area contributed by atoms with E-state index in [-0.39, 0.29) is 6.61 Å². The molecule has 2 heterocycles. The summed E-state index contributed by atoms with van der Waals surface area (Å²) in [6, 6.07) is 13.2. The van der Waals surface area contributed by atoms with Gasteiger partial charge < -0.3 is 24.6 Å². The zero-order valence-electron chi connectivity index (χ0n) is 17.8. The molecule has 0 saturated heterocycles. The molecule has 8 nitrogen and oxygen atoms in total. The van der Waals surface area contributed by atoms with E-state index in [1.807, 2.05) is 54.1 Å². The summed E-state index contributed by atoms with van der Waals surface area (Å²) in [6.45, 7) is 3.05. The standard InChI is InChI=1S/C23H24ClN5O3/c1-15-16(13-27-31-2)4-3-5-20(15)32-21-7-6-17(12-18(21)24)28-23-22-19(25-14-26-23)8-9-29(22)10-11-30/h3-9,12,14,27,30H,10-11,13H2,1-2H3,(H,25,26,28). The molecule has 0 spiro atoms. The molecule has 0 aliphatic rings. The number of halogens is 1. The molecule has 2 aromatic heterocycles. The second-order valence-electron chi connectivity index (χ2n) is 7.13. The number of nitrogens with one attached hydrogen (secondary N) is 2. The van der Waals surface area contributed by atoms with Crippen molar-refractivity contribution in [2.45, 2.75) is 20.0 Å². The molecule has 4 aromatic rings. The van der Waals surface area contributed by atoms with E-state index >= 15 is 0 Å². The fourth-order valence-electron chi connectivity index (χ4n) is 3.45. The van der Waals surface area contributed by atoms with Crippen molar-refractivity contribution < 1.29 is 14.7 Å². The lowest BCUT2D eigenvalue weighted by molar-refractivity contribution is 0.0865. The van der Waals surface area contributed by atoms with Crippen molar-refractivity contribution in [1.82, 2.24) is 20.0 Å². The smallest absolute Gasteiger partial charge is 0.158 e. The Bertz CT molecular complexity index is 1230. The topological polar surface area (TPSA) is 93.5 Å². The van der Waals surface area contributed by atoms with Gasteiger partial charge >= 0.3 is 0 Å². The maximum Gasteiger partial charge on any atom is 0.158 e. The van der Waals surface area contributed by atoms with Crippen molar-refractivity contribution in [2.75, 3.05) is 19.0 Å². The van der Waals surface area contributed by atoms with Crippen molar-refractivity contribution in [3.63, 3.8) is 0 Å². The summed E-state index contributed by atoms with van der Waals surface area (Å²) in [7, 11) is 1.58. The normalized spacial score (nSPS) is 11.1. The van der Waals surface area contributed by atoms with E-state index in [1.54, 1.807) is 13.2 Å². The molecule has 0 bridgehead atoms. The van der Waals surface area contributed by atoms with Crippen LogP contribution in [-0.2, 0) is 17.9 Å². The Kier molecular flexibility index (Phi) is 6.87. The van der Waals surface area contributed by atoms with Gasteiger partial charge in [0.2, 0.25) is 0 Å². The number of aliphatic hydroxyl groups is 1. The number of benzene rings is 2. The van der Waals surface area contributed by atoms with E-state index in [9.17, 15) is 5.11 Å². The van der Waals surface area contributed by atoms with Crippen LogP contribution in [0.1, 0.15) is 11.1 Å². The SMILES string of the molecule is CONCc1cccc(Oc2ccc(Nc3ncnc4ccn(CCO)c34)cc2Cl)c1C. The minimum absolute atomic E-state index is 0.0259. The average molecular weight is 454 g/mol. The van der Waals surface area contributed by atoms with E-state index in [0.717, 1.165) is 33.6 Å². The molecule has 0 radical (unpaired) electrons. The number of fused-ring (bicyclic) bond motifs is 1. The molecule has 3 N–H and O–H groups in total. The predicted molar refractivity (Wildman–Crippen MR) is 124 cm³/mol. The monoisotopic (exact) mass is 453 g/mol. The first-order valence-electron chi connectivity index (χ1n) is 10.1. The van der Waals surface area contributed by atoms with Gasteiger partial charge in [0.1, 0.15) is 23.3 Å². The second-order valence-corrected chi connectivity index (χ2v) is 7.53. The number of rotatable bonds is 9. The van der Waals surface area contributed by atoms with Crippen LogP contribution >= 0.6 is 11.6 Å². The van der Waals surface area contributed by atoms with E-state index < -0.39 is 0 Å². The van der Waals surface area contributed by atoms with Crippen LogP contribution in [0.25, 0.3) is 11.0 Å². The third-order valence-corrected chi connectivity index (χ3v) is 5.40. The minimum Gasteiger partial charge on any atom is -0.456 e. The maximum absolute atomic E-state index is 9.32. The van der Waals surface area contributed by atoms with Gasteiger partial charge in [-0.15, -0.1) is 0 Å². The molecule has 0 fully saturated rings. The molecule has 166 valence electrons. The average Bonchev–Trinajstić information content (AvgIpc) is 3.20. The van der Waals surface area contributed by atoms with Gasteiger partial charge in [-0.2, -0.15) is 5.48 Å². The Morgan fingerprint density at radius 1 is 1.12 bits per heavy atom. The molecule has 2 aromatic carbocycles. The molecular weight excluding hydrogens is 430 g/mol. The highest BCUT2D eigenvalue weighted by Crippen LogP contribution is 2.35. The van der Waals surface area contributed by atoms with Crippen LogP contribution in [0.4, 0.5) is 11.5 Å². The molecular formula is C23H24ClN5O3. The summed E-state index contributed by atoms with van der Waals surface area (Å²) < 4.78 is 8.00. The van der Waals surface area contributed by atoms with Gasteiger partial charge in [-0.05, 0) is 48.4 Å². The molecule has 0 amide bonds. The van der Waals surface area contributed by atoms with Crippen molar-refractivity contribution >= 4 is 34.1 Å². The van der Waals surface area contributed by atoms with Crippen LogP contribution in [0.3, 0.4) is 0 Å². The predicted octanol–water partition coefficient (Wildman–Crippen LogP) is 4.57. The van der Waals surface area contributed by atoms with E-state index in [2.05, 4.69) is 20.8 Å². The second kappa shape index (κ2) is 9.97. The highest BCUT2D eigenvalue weighted by Gasteiger charge is 2.12. The van der Waals surface area contributed by atoms with Gasteiger partial charge in [0.05, 0.1) is 24.3 Å². The maximum atomic E-state index is 9.32. The lowest BCUT2D eigenvalue weighted by Gasteiger charge is -2.15. The van der Waals surface area contributed by atoms with Gasteiger partial charge in [0.15, 0.2) is 5.82 Å². The lowest BCUT2D eigenvalue weighted by Crippen LogP contribution is -2.11. The molecule has 0 saturated carbocycles. The summed E-state index contributed by atoms with van der Waals surface area (Å²) in [5.41, 5.74) is 7.28. The molecule has 0 unspecified atom stereocenters. The van der Waals surface area contributed by atoms with Gasteiger partial charge in [0, 0.05) is 25.0 Å². The molecule has 32 heavy (non-hydrogen) atoms. The fraction of sp³-hybridized carbons (Fsp3) is 0.217. The Hall–Kier alpha value is -3.17. The Balaban J connectivity index is 1.56. The largest absolute Gasteiger partial charge is 0.456 e. The minimum atomic E-state index is 0.0259. The van der Waals surface area contributed by atoms with Gasteiger partial charge in [-0.1, -0.05) is 23.7 Å². The van der Waals surface area contributed by atoms with Crippen LogP contribution in [0.15, 0.2) is 55.0 Å². The van der Waals surface area contributed by atoms with Crippen LogP contribution in [0.5, 0.6) is 11.5 Å². The van der Waals surface area contributed by atoms with E-state index in [1.165, 1.54) is 6.33 Å². The number of hydrogen-bond acceptors (Lipinski definition) is 7. The van der Waals surface area contributed by atoms with Crippen molar-refractivity contribution in [3.8, 4) is 11.5 Å². The summed E-state index contributed by atoms with van der Waals surface area (Å²) in [5.74, 6) is 1.91. The molecule has 0 aliphatic heterocycles. The first-order valence-corrected chi connectivity index (χ1v) is 10.5. The highest BCUT2D eigenvalue weighted by atomic mass is 35.5. The zero-order chi connectivity index (χ0) is 22.5. The highest BCUT2D eigenvalue weighted by molar-refractivity contribution is 6.32. The first-order chi connectivity index (χ1) is 15.6. The molecule has 9 heteroatoms. The molecule has 0 aliphatic carbocycles. The third kappa shape index (κ3) is 4.68. The van der Waals surface area contributed by atoms with Crippen LogP contribution in [0, 0.1) is 6.92 Å². The van der Waals surface area contributed by atoms with E-state index in [4.69, 9.17) is 21.2 Å². The van der Waals surface area contributed by atoms with Crippen LogP contribution < -0.4 is 15.5 Å². The van der Waals surface area contributed by atoms with Crippen molar-refractivity contribution in [3.05, 3.63) is 71.1 Å². The van der Waals surface area contributed by atoms with E-state index in [0.29, 0.717) is 29.7 Å². The van der Waals surface area contributed by atoms with Gasteiger partial charge in [-0.3, -0.25) is 0 Å². The number of aliphatic hydroxyl groups excluding tert-OH is 1. The number of ether oxygens (including phenoxy) is 1. The van der Waals surface area contributed by atoms with Crippen molar-refractivity contribution in [2.24, 2.45) is 0 Å². The first kappa shape index (κ1) is 22.0. The number of nitrogens with zero attached hydrogens (tertiary/aromatic N) is 3.